The summed E-state index contributed by atoms with van der Waals surface area (Å²) in [5.41, 5.74) is 1.01. The summed E-state index contributed by atoms with van der Waals surface area (Å²) in [6.07, 6.45) is -0.145. The summed E-state index contributed by atoms with van der Waals surface area (Å²) in [6.45, 7) is 2.31. The number of rotatable bonds is 3. The molecule has 58 valence electrons. The van der Waals surface area contributed by atoms with Gasteiger partial charge >= 0.3 is 0 Å². The van der Waals surface area contributed by atoms with Crippen molar-refractivity contribution < 1.29 is 9.53 Å². The molecule has 2 heteroatoms. The lowest BCUT2D eigenvalue weighted by Gasteiger charge is -2.08. The van der Waals surface area contributed by atoms with Gasteiger partial charge in [-0.2, -0.15) is 0 Å². The van der Waals surface area contributed by atoms with Gasteiger partial charge in [0.25, 0.3) is 6.47 Å². The standard InChI is InChI=1S/C9H10O2/c1-8(11-7-10)9-5-3-2-4-6-9/h2-8H,1H3/t8-/m0/s1. The monoisotopic (exact) mass is 150 g/mol. The molecule has 0 radical (unpaired) electrons. The Morgan fingerprint density at radius 3 is 2.55 bits per heavy atom. The number of hydrogen-bond donors (Lipinski definition) is 0. The average molecular weight is 150 g/mol. The van der Waals surface area contributed by atoms with E-state index >= 15 is 0 Å². The lowest BCUT2D eigenvalue weighted by atomic mass is 10.1. The second kappa shape index (κ2) is 3.76. The van der Waals surface area contributed by atoms with Crippen LogP contribution in [0, 0.1) is 0 Å². The highest BCUT2D eigenvalue weighted by molar-refractivity contribution is 5.38. The molecule has 1 aromatic carbocycles. The Balaban J connectivity index is 2.68. The van der Waals surface area contributed by atoms with Crippen molar-refractivity contribution in [3.05, 3.63) is 35.9 Å². The number of carbonyl (C=O) groups excluding carboxylic acids is 1. The van der Waals surface area contributed by atoms with E-state index in [1.807, 2.05) is 37.3 Å². The molecule has 0 amide bonds. The average Bonchev–Trinajstić information content (AvgIpc) is 2.07. The van der Waals surface area contributed by atoms with E-state index in [-0.39, 0.29) is 6.10 Å². The van der Waals surface area contributed by atoms with Crippen LogP contribution in [-0.4, -0.2) is 6.47 Å². The van der Waals surface area contributed by atoms with Gasteiger partial charge in [0.05, 0.1) is 0 Å². The van der Waals surface area contributed by atoms with Gasteiger partial charge in [0, 0.05) is 0 Å². The van der Waals surface area contributed by atoms with Gasteiger partial charge in [0.15, 0.2) is 0 Å². The zero-order valence-electron chi connectivity index (χ0n) is 6.36. The van der Waals surface area contributed by atoms with Crippen LogP contribution in [-0.2, 0) is 9.53 Å². The Morgan fingerprint density at radius 1 is 1.36 bits per heavy atom. The molecule has 0 aliphatic heterocycles. The van der Waals surface area contributed by atoms with E-state index in [0.717, 1.165) is 5.56 Å². The second-order valence-corrected chi connectivity index (χ2v) is 2.29. The van der Waals surface area contributed by atoms with Crippen molar-refractivity contribution in [3.63, 3.8) is 0 Å². The van der Waals surface area contributed by atoms with Gasteiger partial charge in [0.1, 0.15) is 6.10 Å². The first-order valence-corrected chi connectivity index (χ1v) is 3.48. The first-order chi connectivity index (χ1) is 5.34. The third-order valence-corrected chi connectivity index (χ3v) is 1.53. The molecule has 0 saturated heterocycles. The van der Waals surface area contributed by atoms with Crippen molar-refractivity contribution in [2.24, 2.45) is 0 Å². The minimum atomic E-state index is -0.145. The molecule has 0 aliphatic carbocycles. The third-order valence-electron chi connectivity index (χ3n) is 1.53. The van der Waals surface area contributed by atoms with Gasteiger partial charge in [-0.25, -0.2) is 0 Å². The Hall–Kier alpha value is -1.31. The molecular formula is C9H10O2. The summed E-state index contributed by atoms with van der Waals surface area (Å²) < 4.78 is 4.75. The molecule has 0 heterocycles. The maximum absolute atomic E-state index is 9.97. The Morgan fingerprint density at radius 2 is 2.00 bits per heavy atom. The van der Waals surface area contributed by atoms with Crippen LogP contribution in [0.1, 0.15) is 18.6 Å². The SMILES string of the molecule is C[C@H](OC=O)c1ccccc1. The van der Waals surface area contributed by atoms with Crippen LogP contribution < -0.4 is 0 Å². The lowest BCUT2D eigenvalue weighted by molar-refractivity contribution is -0.133. The topological polar surface area (TPSA) is 26.3 Å². The molecule has 0 unspecified atom stereocenters. The molecule has 1 aromatic rings. The van der Waals surface area contributed by atoms with Gasteiger partial charge in [-0.15, -0.1) is 0 Å². The molecule has 0 aliphatic rings. The molecule has 0 fully saturated rings. The van der Waals surface area contributed by atoms with Crippen LogP contribution in [0.4, 0.5) is 0 Å². The largest absolute Gasteiger partial charge is 0.460 e. The van der Waals surface area contributed by atoms with Gasteiger partial charge in [0.2, 0.25) is 0 Å². The summed E-state index contributed by atoms with van der Waals surface area (Å²) in [5, 5.41) is 0. The highest BCUT2D eigenvalue weighted by Crippen LogP contribution is 2.13. The molecule has 0 N–H and O–H groups in total. The van der Waals surface area contributed by atoms with E-state index < -0.39 is 0 Å². The summed E-state index contributed by atoms with van der Waals surface area (Å²) in [4.78, 5) is 9.97. The predicted molar refractivity (Wildman–Crippen MR) is 42.0 cm³/mol. The minimum absolute atomic E-state index is 0.145. The first kappa shape index (κ1) is 7.79. The van der Waals surface area contributed by atoms with E-state index in [1.165, 1.54) is 0 Å². The first-order valence-electron chi connectivity index (χ1n) is 3.48. The maximum Gasteiger partial charge on any atom is 0.293 e. The maximum atomic E-state index is 9.97. The van der Waals surface area contributed by atoms with Crippen molar-refractivity contribution in [3.8, 4) is 0 Å². The number of benzene rings is 1. The Bertz CT molecular complexity index is 218. The van der Waals surface area contributed by atoms with Crippen LogP contribution in [0.15, 0.2) is 30.3 Å². The molecule has 0 bridgehead atoms. The van der Waals surface area contributed by atoms with Gasteiger partial charge in [-0.1, -0.05) is 30.3 Å². The van der Waals surface area contributed by atoms with Crippen LogP contribution in [0.5, 0.6) is 0 Å². The highest BCUT2D eigenvalue weighted by atomic mass is 16.5. The number of hydrogen-bond acceptors (Lipinski definition) is 2. The minimum Gasteiger partial charge on any atom is -0.460 e. The van der Waals surface area contributed by atoms with Crippen LogP contribution in [0.25, 0.3) is 0 Å². The fourth-order valence-corrected chi connectivity index (χ4v) is 0.886. The van der Waals surface area contributed by atoms with Crippen LogP contribution in [0.3, 0.4) is 0 Å². The zero-order chi connectivity index (χ0) is 8.10. The zero-order valence-corrected chi connectivity index (χ0v) is 6.36. The second-order valence-electron chi connectivity index (χ2n) is 2.29. The third kappa shape index (κ3) is 2.08. The van der Waals surface area contributed by atoms with E-state index in [0.29, 0.717) is 6.47 Å². The number of ether oxygens (including phenoxy) is 1. The van der Waals surface area contributed by atoms with Crippen molar-refractivity contribution >= 4 is 6.47 Å². The smallest absolute Gasteiger partial charge is 0.293 e. The fraction of sp³-hybridized carbons (Fsp3) is 0.222. The normalized spacial score (nSPS) is 12.1. The lowest BCUT2D eigenvalue weighted by Crippen LogP contribution is -1.96. The van der Waals surface area contributed by atoms with E-state index in [9.17, 15) is 4.79 Å². The summed E-state index contributed by atoms with van der Waals surface area (Å²) in [7, 11) is 0. The van der Waals surface area contributed by atoms with Crippen LogP contribution in [0.2, 0.25) is 0 Å². The van der Waals surface area contributed by atoms with Gasteiger partial charge in [-0.3, -0.25) is 4.79 Å². The van der Waals surface area contributed by atoms with Crippen molar-refractivity contribution in [1.82, 2.24) is 0 Å². The molecule has 2 nitrogen and oxygen atoms in total. The van der Waals surface area contributed by atoms with Crippen molar-refractivity contribution in [2.75, 3.05) is 0 Å². The molecule has 11 heavy (non-hydrogen) atoms. The van der Waals surface area contributed by atoms with E-state index in [1.54, 1.807) is 0 Å². The van der Waals surface area contributed by atoms with Gasteiger partial charge in [-0.05, 0) is 12.5 Å². The van der Waals surface area contributed by atoms with E-state index in [4.69, 9.17) is 4.74 Å². The quantitative estimate of drug-likeness (QED) is 0.615. The van der Waals surface area contributed by atoms with Crippen molar-refractivity contribution in [1.29, 1.82) is 0 Å². The number of carbonyl (C=O) groups is 1. The molecule has 1 rings (SSSR count). The molecule has 0 saturated carbocycles. The molecular weight excluding hydrogens is 140 g/mol. The molecule has 0 aromatic heterocycles. The molecule has 1 atom stereocenters. The Labute approximate surface area is 65.8 Å². The summed E-state index contributed by atoms with van der Waals surface area (Å²) in [5.74, 6) is 0. The van der Waals surface area contributed by atoms with Crippen molar-refractivity contribution in [2.45, 2.75) is 13.0 Å². The van der Waals surface area contributed by atoms with Crippen LogP contribution >= 0.6 is 0 Å². The fourth-order valence-electron chi connectivity index (χ4n) is 0.886. The molecule has 0 spiro atoms. The van der Waals surface area contributed by atoms with E-state index in [2.05, 4.69) is 0 Å². The van der Waals surface area contributed by atoms with Gasteiger partial charge < -0.3 is 4.74 Å². The predicted octanol–water partition coefficient (Wildman–Crippen LogP) is 1.92. The highest BCUT2D eigenvalue weighted by Gasteiger charge is 2.02. The summed E-state index contributed by atoms with van der Waals surface area (Å²) in [6, 6.07) is 9.61. The Kier molecular flexibility index (Phi) is 2.66. The summed E-state index contributed by atoms with van der Waals surface area (Å²) >= 11 is 0.